The fourth-order valence-electron chi connectivity index (χ4n) is 3.17. The Kier molecular flexibility index (Phi) is 4.03. The monoisotopic (exact) mass is 287 g/mol. The second kappa shape index (κ2) is 5.80. The predicted octanol–water partition coefficient (Wildman–Crippen LogP) is 3.04. The van der Waals surface area contributed by atoms with Gasteiger partial charge in [0.15, 0.2) is 0 Å². The van der Waals surface area contributed by atoms with Crippen molar-refractivity contribution in [2.24, 2.45) is 5.92 Å². The molecule has 0 bridgehead atoms. The van der Waals surface area contributed by atoms with Gasteiger partial charge in [-0.15, -0.1) is 0 Å². The zero-order valence-electron chi connectivity index (χ0n) is 13.0. The first kappa shape index (κ1) is 14.6. The molecule has 1 aromatic rings. The van der Waals surface area contributed by atoms with Crippen LogP contribution in [0.5, 0.6) is 0 Å². The molecule has 2 fully saturated rings. The molecule has 1 atom stereocenters. The van der Waals surface area contributed by atoms with Crippen LogP contribution in [0, 0.1) is 5.92 Å². The lowest BCUT2D eigenvalue weighted by atomic mass is 9.83. The third-order valence-corrected chi connectivity index (χ3v) is 4.82. The van der Waals surface area contributed by atoms with Gasteiger partial charge in [-0.25, -0.2) is 0 Å². The van der Waals surface area contributed by atoms with Gasteiger partial charge in [0, 0.05) is 18.9 Å². The van der Waals surface area contributed by atoms with E-state index in [0.29, 0.717) is 12.5 Å². The fourth-order valence-corrected chi connectivity index (χ4v) is 3.17. The Morgan fingerprint density at radius 3 is 2.62 bits per heavy atom. The number of carbonyl (C=O) groups is 1. The summed E-state index contributed by atoms with van der Waals surface area (Å²) in [7, 11) is 0. The summed E-state index contributed by atoms with van der Waals surface area (Å²) in [6, 6.07) is 10.4. The summed E-state index contributed by atoms with van der Waals surface area (Å²) in [6.45, 7) is 5.57. The molecule has 1 aromatic carbocycles. The number of morpholine rings is 1. The van der Waals surface area contributed by atoms with Gasteiger partial charge in [-0.05, 0) is 32.3 Å². The molecule has 1 saturated heterocycles. The van der Waals surface area contributed by atoms with E-state index in [1.807, 2.05) is 6.07 Å². The molecular formula is C18H25NO2. The summed E-state index contributed by atoms with van der Waals surface area (Å²) in [6.07, 6.45) is 4.33. The van der Waals surface area contributed by atoms with E-state index >= 15 is 0 Å². The minimum atomic E-state index is -0.181. The Hall–Kier alpha value is -1.35. The van der Waals surface area contributed by atoms with Gasteiger partial charge < -0.3 is 9.64 Å². The molecule has 0 spiro atoms. The van der Waals surface area contributed by atoms with E-state index in [1.165, 1.54) is 12.0 Å². The topological polar surface area (TPSA) is 29.5 Å². The van der Waals surface area contributed by atoms with Crippen molar-refractivity contribution in [3.05, 3.63) is 35.9 Å². The maximum atomic E-state index is 12.7. The van der Waals surface area contributed by atoms with Crippen LogP contribution in [0.15, 0.2) is 30.3 Å². The standard InChI is InChI=1S/C18H25NO2/c1-18(2)13-21-16(11-14-7-4-3-5-8-14)12-19(18)17(20)15-9-6-10-15/h3-5,7-8,15-16H,6,9-13H2,1-2H3. The molecule has 114 valence electrons. The number of benzene rings is 1. The number of rotatable bonds is 3. The zero-order chi connectivity index (χ0) is 14.9. The van der Waals surface area contributed by atoms with Gasteiger partial charge in [-0.2, -0.15) is 0 Å². The van der Waals surface area contributed by atoms with Crippen LogP contribution >= 0.6 is 0 Å². The lowest BCUT2D eigenvalue weighted by molar-refractivity contribution is -0.160. The second-order valence-corrected chi connectivity index (χ2v) is 7.01. The molecule has 0 aromatic heterocycles. The summed E-state index contributed by atoms with van der Waals surface area (Å²) in [4.78, 5) is 14.7. The number of ether oxygens (including phenoxy) is 1. The molecule has 1 aliphatic carbocycles. The minimum absolute atomic E-state index is 0.115. The van der Waals surface area contributed by atoms with Crippen molar-refractivity contribution in [3.63, 3.8) is 0 Å². The highest BCUT2D eigenvalue weighted by Gasteiger charge is 2.41. The normalized spacial score (nSPS) is 25.4. The maximum Gasteiger partial charge on any atom is 0.226 e. The first-order valence-corrected chi connectivity index (χ1v) is 8.03. The van der Waals surface area contributed by atoms with Gasteiger partial charge in [-0.1, -0.05) is 36.8 Å². The average Bonchev–Trinajstić information content (AvgIpc) is 2.40. The van der Waals surface area contributed by atoms with Crippen molar-refractivity contribution < 1.29 is 9.53 Å². The number of hydrogen-bond donors (Lipinski definition) is 0. The van der Waals surface area contributed by atoms with E-state index in [-0.39, 0.29) is 17.6 Å². The molecule has 2 aliphatic rings. The second-order valence-electron chi connectivity index (χ2n) is 7.01. The van der Waals surface area contributed by atoms with Crippen molar-refractivity contribution in [2.45, 2.75) is 51.2 Å². The Morgan fingerprint density at radius 2 is 2.00 bits per heavy atom. The Labute approximate surface area is 127 Å². The van der Waals surface area contributed by atoms with Crippen LogP contribution in [0.1, 0.15) is 38.7 Å². The van der Waals surface area contributed by atoms with E-state index in [4.69, 9.17) is 4.74 Å². The van der Waals surface area contributed by atoms with Crippen LogP contribution in [-0.2, 0) is 16.0 Å². The highest BCUT2D eigenvalue weighted by atomic mass is 16.5. The summed E-state index contributed by atoms with van der Waals surface area (Å²) in [5, 5.41) is 0. The molecule has 1 heterocycles. The van der Waals surface area contributed by atoms with Crippen molar-refractivity contribution in [1.82, 2.24) is 4.90 Å². The SMILES string of the molecule is CC1(C)COC(Cc2ccccc2)CN1C(=O)C1CCC1. The fraction of sp³-hybridized carbons (Fsp3) is 0.611. The lowest BCUT2D eigenvalue weighted by Gasteiger charge is -2.47. The molecule has 1 aliphatic heterocycles. The Bertz CT molecular complexity index is 493. The van der Waals surface area contributed by atoms with Gasteiger partial charge >= 0.3 is 0 Å². The lowest BCUT2D eigenvalue weighted by Crippen LogP contribution is -2.60. The number of hydrogen-bond acceptors (Lipinski definition) is 2. The van der Waals surface area contributed by atoms with E-state index in [9.17, 15) is 4.79 Å². The van der Waals surface area contributed by atoms with Crippen molar-refractivity contribution in [2.75, 3.05) is 13.2 Å². The zero-order valence-corrected chi connectivity index (χ0v) is 13.0. The van der Waals surface area contributed by atoms with Gasteiger partial charge in [0.2, 0.25) is 5.91 Å². The largest absolute Gasteiger partial charge is 0.374 e. The van der Waals surface area contributed by atoms with E-state index in [0.717, 1.165) is 25.8 Å². The molecule has 1 amide bonds. The average molecular weight is 287 g/mol. The first-order valence-electron chi connectivity index (χ1n) is 8.03. The number of carbonyl (C=O) groups excluding carboxylic acids is 1. The van der Waals surface area contributed by atoms with Crippen LogP contribution in [0.2, 0.25) is 0 Å². The molecule has 3 rings (SSSR count). The first-order chi connectivity index (χ1) is 10.1. The summed E-state index contributed by atoms with van der Waals surface area (Å²) < 4.78 is 6.02. The van der Waals surface area contributed by atoms with Gasteiger partial charge in [0.25, 0.3) is 0 Å². The molecule has 21 heavy (non-hydrogen) atoms. The van der Waals surface area contributed by atoms with Crippen molar-refractivity contribution >= 4 is 5.91 Å². The molecule has 0 radical (unpaired) electrons. The van der Waals surface area contributed by atoms with Crippen LogP contribution in [-0.4, -0.2) is 35.6 Å². The highest BCUT2D eigenvalue weighted by Crippen LogP contribution is 2.33. The smallest absolute Gasteiger partial charge is 0.226 e. The van der Waals surface area contributed by atoms with Crippen molar-refractivity contribution in [1.29, 1.82) is 0 Å². The third-order valence-electron chi connectivity index (χ3n) is 4.82. The van der Waals surface area contributed by atoms with Crippen LogP contribution in [0.25, 0.3) is 0 Å². The van der Waals surface area contributed by atoms with E-state index in [2.05, 4.69) is 43.0 Å². The summed E-state index contributed by atoms with van der Waals surface area (Å²) in [5.41, 5.74) is 1.10. The summed E-state index contributed by atoms with van der Waals surface area (Å²) >= 11 is 0. The molecule has 1 unspecified atom stereocenters. The molecular weight excluding hydrogens is 262 g/mol. The molecule has 3 heteroatoms. The predicted molar refractivity (Wildman–Crippen MR) is 83.0 cm³/mol. The minimum Gasteiger partial charge on any atom is -0.374 e. The van der Waals surface area contributed by atoms with Gasteiger partial charge in [0.05, 0.1) is 18.2 Å². The quantitative estimate of drug-likeness (QED) is 0.855. The van der Waals surface area contributed by atoms with Crippen LogP contribution < -0.4 is 0 Å². The Balaban J connectivity index is 1.67. The number of nitrogens with zero attached hydrogens (tertiary/aromatic N) is 1. The van der Waals surface area contributed by atoms with Gasteiger partial charge in [0.1, 0.15) is 0 Å². The van der Waals surface area contributed by atoms with Crippen LogP contribution in [0.3, 0.4) is 0 Å². The van der Waals surface area contributed by atoms with E-state index in [1.54, 1.807) is 0 Å². The maximum absolute atomic E-state index is 12.7. The molecule has 3 nitrogen and oxygen atoms in total. The number of amides is 1. The highest BCUT2D eigenvalue weighted by molar-refractivity contribution is 5.80. The van der Waals surface area contributed by atoms with Gasteiger partial charge in [-0.3, -0.25) is 4.79 Å². The van der Waals surface area contributed by atoms with E-state index < -0.39 is 0 Å². The molecule has 1 saturated carbocycles. The Morgan fingerprint density at radius 1 is 1.29 bits per heavy atom. The molecule has 0 N–H and O–H groups in total. The van der Waals surface area contributed by atoms with Crippen molar-refractivity contribution in [3.8, 4) is 0 Å². The third kappa shape index (κ3) is 3.13. The van der Waals surface area contributed by atoms with Crippen LogP contribution in [0.4, 0.5) is 0 Å². The summed E-state index contributed by atoms with van der Waals surface area (Å²) in [5.74, 6) is 0.604.